The second kappa shape index (κ2) is 3.83. The van der Waals surface area contributed by atoms with Crippen LogP contribution in [0.25, 0.3) is 21.9 Å². The monoisotopic (exact) mass is 256 g/mol. The summed E-state index contributed by atoms with van der Waals surface area (Å²) in [5.74, 6) is -1.28. The number of hydrogen-bond donors (Lipinski definition) is 2. The first-order chi connectivity index (χ1) is 9.00. The minimum absolute atomic E-state index is 0.332. The molecule has 0 aliphatic carbocycles. The van der Waals surface area contributed by atoms with Crippen molar-refractivity contribution in [3.8, 4) is 0 Å². The molecule has 1 aromatic heterocycles. The Morgan fingerprint density at radius 1 is 1.11 bits per heavy atom. The van der Waals surface area contributed by atoms with E-state index in [4.69, 9.17) is 9.52 Å². The number of fused-ring (bicyclic) bond motifs is 3. The van der Waals surface area contributed by atoms with Crippen LogP contribution in [-0.4, -0.2) is 16.2 Å². The first kappa shape index (κ1) is 11.7. The summed E-state index contributed by atoms with van der Waals surface area (Å²) in [5.41, 5.74) is -0.165. The smallest absolute Gasteiger partial charge is 0.340 e. The fourth-order valence-electron chi connectivity index (χ4n) is 2.15. The molecule has 1 atom stereocenters. The predicted octanol–water partition coefficient (Wildman–Crippen LogP) is 2.88. The molecule has 0 spiro atoms. The van der Waals surface area contributed by atoms with Gasteiger partial charge in [-0.25, -0.2) is 4.79 Å². The Morgan fingerprint density at radius 3 is 2.53 bits per heavy atom. The molecule has 1 heterocycles. The van der Waals surface area contributed by atoms with Crippen molar-refractivity contribution >= 4 is 27.9 Å². The molecule has 96 valence electrons. The molecule has 0 radical (unpaired) electrons. The van der Waals surface area contributed by atoms with Crippen LogP contribution in [-0.2, 0) is 10.4 Å². The first-order valence-electron chi connectivity index (χ1n) is 5.87. The summed E-state index contributed by atoms with van der Waals surface area (Å²) in [7, 11) is 0. The van der Waals surface area contributed by atoms with E-state index in [1.807, 2.05) is 24.3 Å². The molecule has 2 N–H and O–H groups in total. The summed E-state index contributed by atoms with van der Waals surface area (Å²) in [6, 6.07) is 12.4. The van der Waals surface area contributed by atoms with Crippen molar-refractivity contribution in [3.63, 3.8) is 0 Å². The Balaban J connectivity index is 2.31. The van der Waals surface area contributed by atoms with E-state index in [9.17, 15) is 9.90 Å². The minimum Gasteiger partial charge on any atom is -0.479 e. The molecule has 19 heavy (non-hydrogen) atoms. The predicted molar refractivity (Wildman–Crippen MR) is 70.9 cm³/mol. The van der Waals surface area contributed by atoms with Gasteiger partial charge in [-0.05, 0) is 30.7 Å². The molecule has 1 unspecified atom stereocenters. The Labute approximate surface area is 108 Å². The number of carboxylic acid groups (broad SMARTS) is 1. The highest BCUT2D eigenvalue weighted by Gasteiger charge is 2.32. The number of aliphatic hydroxyl groups is 1. The SMILES string of the molecule is CC(O)(C(=O)O)c1ccc2oc3ccccc3c2c1. The van der Waals surface area contributed by atoms with Crippen molar-refractivity contribution in [1.29, 1.82) is 0 Å². The van der Waals surface area contributed by atoms with Gasteiger partial charge in [-0.2, -0.15) is 0 Å². The number of furan rings is 1. The van der Waals surface area contributed by atoms with Crippen LogP contribution in [0.3, 0.4) is 0 Å². The summed E-state index contributed by atoms with van der Waals surface area (Å²) < 4.78 is 5.65. The molecule has 4 nitrogen and oxygen atoms in total. The molecule has 0 aliphatic heterocycles. The van der Waals surface area contributed by atoms with Gasteiger partial charge in [0.15, 0.2) is 5.60 Å². The summed E-state index contributed by atoms with van der Waals surface area (Å²) in [5, 5.41) is 20.8. The second-order valence-electron chi connectivity index (χ2n) is 4.69. The van der Waals surface area contributed by atoms with Crippen LogP contribution in [0.15, 0.2) is 46.9 Å². The lowest BCUT2D eigenvalue weighted by molar-refractivity contribution is -0.157. The maximum atomic E-state index is 11.1. The van der Waals surface area contributed by atoms with Gasteiger partial charge < -0.3 is 14.6 Å². The van der Waals surface area contributed by atoms with Gasteiger partial charge in [-0.3, -0.25) is 0 Å². The van der Waals surface area contributed by atoms with Crippen molar-refractivity contribution in [2.75, 3.05) is 0 Å². The van der Waals surface area contributed by atoms with Crippen molar-refractivity contribution in [1.82, 2.24) is 0 Å². The highest BCUT2D eigenvalue weighted by Crippen LogP contribution is 2.32. The average molecular weight is 256 g/mol. The van der Waals surface area contributed by atoms with Gasteiger partial charge in [0.05, 0.1) is 0 Å². The van der Waals surface area contributed by atoms with Gasteiger partial charge in [0, 0.05) is 10.8 Å². The van der Waals surface area contributed by atoms with Crippen molar-refractivity contribution < 1.29 is 19.4 Å². The van der Waals surface area contributed by atoms with Crippen LogP contribution < -0.4 is 0 Å². The number of para-hydroxylation sites is 1. The summed E-state index contributed by atoms with van der Waals surface area (Å²) >= 11 is 0. The van der Waals surface area contributed by atoms with Crippen LogP contribution in [0.4, 0.5) is 0 Å². The van der Waals surface area contributed by atoms with E-state index in [-0.39, 0.29) is 0 Å². The number of hydrogen-bond acceptors (Lipinski definition) is 3. The fourth-order valence-corrected chi connectivity index (χ4v) is 2.15. The van der Waals surface area contributed by atoms with Crippen molar-refractivity contribution in [3.05, 3.63) is 48.0 Å². The van der Waals surface area contributed by atoms with E-state index in [1.165, 1.54) is 6.92 Å². The number of rotatable bonds is 2. The molecule has 0 bridgehead atoms. The largest absolute Gasteiger partial charge is 0.479 e. The number of carboxylic acids is 1. The molecule has 3 aromatic rings. The third kappa shape index (κ3) is 1.69. The molecule has 0 fully saturated rings. The minimum atomic E-state index is -1.91. The number of carbonyl (C=O) groups is 1. The van der Waals surface area contributed by atoms with Crippen LogP contribution >= 0.6 is 0 Å². The van der Waals surface area contributed by atoms with Crippen LogP contribution in [0, 0.1) is 0 Å². The molecular formula is C15H12O4. The van der Waals surface area contributed by atoms with E-state index in [0.717, 1.165) is 16.4 Å². The molecule has 3 rings (SSSR count). The normalized spacial score (nSPS) is 14.6. The highest BCUT2D eigenvalue weighted by atomic mass is 16.4. The average Bonchev–Trinajstić information content (AvgIpc) is 2.76. The fraction of sp³-hybridized carbons (Fsp3) is 0.133. The summed E-state index contributed by atoms with van der Waals surface area (Å²) in [6.07, 6.45) is 0. The van der Waals surface area contributed by atoms with Gasteiger partial charge in [0.1, 0.15) is 11.2 Å². The highest BCUT2D eigenvalue weighted by molar-refractivity contribution is 6.05. The zero-order valence-corrected chi connectivity index (χ0v) is 10.3. The summed E-state index contributed by atoms with van der Waals surface area (Å²) in [6.45, 7) is 1.26. The quantitative estimate of drug-likeness (QED) is 0.739. The van der Waals surface area contributed by atoms with E-state index >= 15 is 0 Å². The lowest BCUT2D eigenvalue weighted by Crippen LogP contribution is -2.31. The Kier molecular flexibility index (Phi) is 2.37. The first-order valence-corrected chi connectivity index (χ1v) is 5.87. The molecule has 4 heteroatoms. The zero-order valence-electron chi connectivity index (χ0n) is 10.3. The van der Waals surface area contributed by atoms with E-state index in [0.29, 0.717) is 11.1 Å². The molecule has 0 saturated heterocycles. The van der Waals surface area contributed by atoms with Gasteiger partial charge >= 0.3 is 5.97 Å². The second-order valence-corrected chi connectivity index (χ2v) is 4.69. The van der Waals surface area contributed by atoms with Crippen LogP contribution in [0.2, 0.25) is 0 Å². The number of aliphatic carboxylic acids is 1. The zero-order chi connectivity index (χ0) is 13.6. The molecule has 0 amide bonds. The van der Waals surface area contributed by atoms with Gasteiger partial charge in [0.25, 0.3) is 0 Å². The lowest BCUT2D eigenvalue weighted by atomic mass is 9.95. The van der Waals surface area contributed by atoms with E-state index < -0.39 is 11.6 Å². The standard InChI is InChI=1S/C15H12O4/c1-15(18,14(16)17)9-6-7-13-11(8-9)10-4-2-3-5-12(10)19-13/h2-8,18H,1H3,(H,16,17). The molecule has 2 aromatic carbocycles. The van der Waals surface area contributed by atoms with Gasteiger partial charge in [-0.1, -0.05) is 24.3 Å². The topological polar surface area (TPSA) is 70.7 Å². The van der Waals surface area contributed by atoms with E-state index in [2.05, 4.69) is 0 Å². The van der Waals surface area contributed by atoms with Crippen LogP contribution in [0.1, 0.15) is 12.5 Å². The van der Waals surface area contributed by atoms with E-state index in [1.54, 1.807) is 18.2 Å². The maximum Gasteiger partial charge on any atom is 0.340 e. The molecular weight excluding hydrogens is 244 g/mol. The maximum absolute atomic E-state index is 11.1. The Morgan fingerprint density at radius 2 is 1.79 bits per heavy atom. The Hall–Kier alpha value is -2.33. The van der Waals surface area contributed by atoms with Gasteiger partial charge in [0.2, 0.25) is 0 Å². The summed E-state index contributed by atoms with van der Waals surface area (Å²) in [4.78, 5) is 11.1. The van der Waals surface area contributed by atoms with Crippen molar-refractivity contribution in [2.45, 2.75) is 12.5 Å². The Bertz CT molecular complexity index is 783. The van der Waals surface area contributed by atoms with Gasteiger partial charge in [-0.15, -0.1) is 0 Å². The molecule has 0 aliphatic rings. The lowest BCUT2D eigenvalue weighted by Gasteiger charge is -2.18. The third-order valence-corrected chi connectivity index (χ3v) is 3.36. The molecule has 0 saturated carbocycles. The number of benzene rings is 2. The van der Waals surface area contributed by atoms with Crippen LogP contribution in [0.5, 0.6) is 0 Å². The van der Waals surface area contributed by atoms with Crippen molar-refractivity contribution in [2.24, 2.45) is 0 Å². The third-order valence-electron chi connectivity index (χ3n) is 3.36.